The molecule has 0 spiro atoms. The number of nitrogens with zero attached hydrogens (tertiary/aromatic N) is 1. The Balaban J connectivity index is 1.41. The summed E-state index contributed by atoms with van der Waals surface area (Å²) in [6.07, 6.45) is 4.10. The molecule has 194 valence electrons. The summed E-state index contributed by atoms with van der Waals surface area (Å²) < 4.78 is 6.10. The van der Waals surface area contributed by atoms with Crippen LogP contribution in [0.15, 0.2) is 58.5 Å². The Morgan fingerprint density at radius 1 is 1.22 bits per heavy atom. The van der Waals surface area contributed by atoms with Gasteiger partial charge < -0.3 is 14.8 Å². The summed E-state index contributed by atoms with van der Waals surface area (Å²) in [4.78, 5) is 29.6. The monoisotopic (exact) mass is 519 g/mol. The number of allylic oxidation sites excluding steroid dienone is 2. The number of carbonyl (C=O) groups excluding carboxylic acids is 2. The first-order valence-corrected chi connectivity index (χ1v) is 14.0. The lowest BCUT2D eigenvalue weighted by atomic mass is 9.57. The van der Waals surface area contributed by atoms with Gasteiger partial charge in [0.1, 0.15) is 5.75 Å². The topological polar surface area (TPSA) is 87.1 Å². The SMILES string of the molecule is C/C(=C\c1cccc(O)c1)CC[C@H]1OB(O)C[C@H]2C1=C(C(C)C)C[C@H]1C(=O)N(Cc3cccs3)C(=O)[C@H]12. The van der Waals surface area contributed by atoms with E-state index in [0.717, 1.165) is 28.0 Å². The van der Waals surface area contributed by atoms with Crippen LogP contribution in [0.2, 0.25) is 6.32 Å². The van der Waals surface area contributed by atoms with Crippen molar-refractivity contribution in [2.24, 2.45) is 23.7 Å². The zero-order valence-electron chi connectivity index (χ0n) is 21.6. The number of likely N-dealkylation sites (tertiary alicyclic amines) is 1. The van der Waals surface area contributed by atoms with Gasteiger partial charge in [0.15, 0.2) is 0 Å². The summed E-state index contributed by atoms with van der Waals surface area (Å²) in [7, 11) is -0.962. The molecule has 37 heavy (non-hydrogen) atoms. The number of hydrogen-bond donors (Lipinski definition) is 2. The summed E-state index contributed by atoms with van der Waals surface area (Å²) >= 11 is 1.55. The van der Waals surface area contributed by atoms with Gasteiger partial charge in [-0.1, -0.05) is 49.3 Å². The van der Waals surface area contributed by atoms with Crippen molar-refractivity contribution in [1.29, 1.82) is 0 Å². The predicted octanol–water partition coefficient (Wildman–Crippen LogP) is 5.29. The average molecular weight is 519 g/mol. The van der Waals surface area contributed by atoms with Gasteiger partial charge in [0.25, 0.3) is 0 Å². The Labute approximate surface area is 222 Å². The quantitative estimate of drug-likeness (QED) is 0.295. The number of amides is 2. The van der Waals surface area contributed by atoms with Crippen LogP contribution in [0.4, 0.5) is 0 Å². The van der Waals surface area contributed by atoms with E-state index in [-0.39, 0.29) is 41.4 Å². The Morgan fingerprint density at radius 2 is 2.03 bits per heavy atom. The molecule has 0 bridgehead atoms. The summed E-state index contributed by atoms with van der Waals surface area (Å²) in [5.74, 6) is -0.727. The van der Waals surface area contributed by atoms with E-state index in [2.05, 4.69) is 20.8 Å². The summed E-state index contributed by atoms with van der Waals surface area (Å²) in [6, 6.07) is 11.0. The fourth-order valence-electron chi connectivity index (χ4n) is 6.36. The van der Waals surface area contributed by atoms with Crippen molar-refractivity contribution in [3.63, 3.8) is 0 Å². The lowest BCUT2D eigenvalue weighted by Gasteiger charge is -2.44. The second-order valence-electron chi connectivity index (χ2n) is 10.9. The molecular weight excluding hydrogens is 485 g/mol. The largest absolute Gasteiger partial charge is 0.508 e. The van der Waals surface area contributed by atoms with E-state index in [1.807, 2.05) is 35.7 Å². The summed E-state index contributed by atoms with van der Waals surface area (Å²) in [6.45, 7) is 6.65. The van der Waals surface area contributed by atoms with Crippen LogP contribution in [0.3, 0.4) is 0 Å². The van der Waals surface area contributed by atoms with Crippen LogP contribution < -0.4 is 0 Å². The minimum Gasteiger partial charge on any atom is -0.508 e. The van der Waals surface area contributed by atoms with Gasteiger partial charge in [0.05, 0.1) is 24.5 Å². The molecule has 8 heteroatoms. The maximum Gasteiger partial charge on any atom is 0.455 e. The molecule has 2 fully saturated rings. The fraction of sp³-hybridized carbons (Fsp3) is 0.448. The Bertz CT molecular complexity index is 1240. The number of benzene rings is 1. The minimum absolute atomic E-state index is 0.0805. The van der Waals surface area contributed by atoms with Crippen molar-refractivity contribution in [1.82, 2.24) is 4.90 Å². The van der Waals surface area contributed by atoms with E-state index in [9.17, 15) is 19.7 Å². The molecular formula is C29H34BNO5S. The maximum atomic E-state index is 13.7. The van der Waals surface area contributed by atoms with Gasteiger partial charge in [-0.15, -0.1) is 11.3 Å². The molecule has 2 aromatic rings. The molecule has 3 aliphatic rings. The first-order chi connectivity index (χ1) is 17.7. The van der Waals surface area contributed by atoms with Crippen molar-refractivity contribution in [3.8, 4) is 5.75 Å². The average Bonchev–Trinajstić information content (AvgIpc) is 3.44. The van der Waals surface area contributed by atoms with E-state index >= 15 is 0 Å². The number of aromatic hydroxyl groups is 1. The van der Waals surface area contributed by atoms with Crippen molar-refractivity contribution in [2.75, 3.05) is 0 Å². The zero-order valence-corrected chi connectivity index (χ0v) is 22.4. The number of phenols is 1. The highest BCUT2D eigenvalue weighted by Crippen LogP contribution is 2.52. The van der Waals surface area contributed by atoms with Gasteiger partial charge in [-0.2, -0.15) is 0 Å². The highest BCUT2D eigenvalue weighted by Gasteiger charge is 2.57. The van der Waals surface area contributed by atoms with Gasteiger partial charge in [-0.25, -0.2) is 0 Å². The number of thiophene rings is 1. The number of fused-ring (bicyclic) bond motifs is 3. The zero-order chi connectivity index (χ0) is 26.3. The third kappa shape index (κ3) is 5.20. The highest BCUT2D eigenvalue weighted by molar-refractivity contribution is 7.09. The van der Waals surface area contributed by atoms with Gasteiger partial charge in [0.2, 0.25) is 11.8 Å². The van der Waals surface area contributed by atoms with E-state index in [1.54, 1.807) is 23.5 Å². The molecule has 2 saturated heterocycles. The van der Waals surface area contributed by atoms with E-state index in [4.69, 9.17) is 4.65 Å². The lowest BCUT2D eigenvalue weighted by molar-refractivity contribution is -0.140. The van der Waals surface area contributed by atoms with Crippen LogP contribution >= 0.6 is 11.3 Å². The molecule has 6 nitrogen and oxygen atoms in total. The molecule has 1 aromatic heterocycles. The molecule has 0 radical (unpaired) electrons. The van der Waals surface area contributed by atoms with Crippen LogP contribution in [0.5, 0.6) is 5.75 Å². The second-order valence-corrected chi connectivity index (χ2v) is 11.9. The number of carbonyl (C=O) groups is 2. The van der Waals surface area contributed by atoms with Crippen LogP contribution in [0.25, 0.3) is 6.08 Å². The van der Waals surface area contributed by atoms with Crippen LogP contribution in [0.1, 0.15) is 50.5 Å². The van der Waals surface area contributed by atoms with Crippen molar-refractivity contribution < 1.29 is 24.4 Å². The van der Waals surface area contributed by atoms with Crippen LogP contribution in [-0.2, 0) is 20.8 Å². The Morgan fingerprint density at radius 3 is 2.73 bits per heavy atom. The van der Waals surface area contributed by atoms with Crippen molar-refractivity contribution in [2.45, 2.75) is 59.0 Å². The van der Waals surface area contributed by atoms with Gasteiger partial charge >= 0.3 is 7.12 Å². The molecule has 1 aliphatic carbocycles. The molecule has 1 aromatic carbocycles. The first-order valence-electron chi connectivity index (χ1n) is 13.1. The molecule has 2 amide bonds. The van der Waals surface area contributed by atoms with Gasteiger partial charge in [-0.3, -0.25) is 14.5 Å². The highest BCUT2D eigenvalue weighted by atomic mass is 32.1. The number of hydrogen-bond acceptors (Lipinski definition) is 6. The minimum atomic E-state index is -0.962. The predicted molar refractivity (Wildman–Crippen MR) is 145 cm³/mol. The standard InChI is InChI=1S/C29H34BNO5S/c1-17(2)22-14-23-27(29(34)31(28(23)33)16-21-8-5-11-37-21)24-15-30(35)36-25(26(22)24)10-9-18(3)12-19-6-4-7-20(32)13-19/h4-8,11-13,17,23-25,27,32,35H,9-10,14-16H2,1-3H3/b18-12+/t23-,24+,25-,27-/m1/s1. The second kappa shape index (κ2) is 10.6. The lowest BCUT2D eigenvalue weighted by Crippen LogP contribution is -2.46. The van der Waals surface area contributed by atoms with Crippen molar-refractivity contribution >= 4 is 36.3 Å². The third-order valence-electron chi connectivity index (χ3n) is 8.01. The number of imide groups is 1. The Kier molecular flexibility index (Phi) is 7.43. The maximum absolute atomic E-state index is 13.7. The fourth-order valence-corrected chi connectivity index (χ4v) is 7.05. The number of rotatable bonds is 7. The third-order valence-corrected chi connectivity index (χ3v) is 8.87. The van der Waals surface area contributed by atoms with E-state index in [1.165, 1.54) is 10.5 Å². The van der Waals surface area contributed by atoms with E-state index < -0.39 is 13.0 Å². The molecule has 2 aliphatic heterocycles. The first kappa shape index (κ1) is 26.0. The van der Waals surface area contributed by atoms with Crippen molar-refractivity contribution in [3.05, 3.63) is 68.9 Å². The smallest absolute Gasteiger partial charge is 0.455 e. The van der Waals surface area contributed by atoms with Gasteiger partial charge in [0, 0.05) is 4.88 Å². The van der Waals surface area contributed by atoms with Gasteiger partial charge in [-0.05, 0) is 79.1 Å². The van der Waals surface area contributed by atoms with Crippen LogP contribution in [0, 0.1) is 23.7 Å². The summed E-state index contributed by atoms with van der Waals surface area (Å²) in [5, 5.41) is 22.4. The molecule has 3 heterocycles. The normalized spacial score (nSPS) is 26.2. The molecule has 5 rings (SSSR count). The van der Waals surface area contributed by atoms with E-state index in [0.29, 0.717) is 25.7 Å². The molecule has 2 N–H and O–H groups in total. The molecule has 4 atom stereocenters. The van der Waals surface area contributed by atoms with Crippen LogP contribution in [-0.4, -0.2) is 40.1 Å². The molecule has 0 saturated carbocycles. The molecule has 0 unspecified atom stereocenters. The summed E-state index contributed by atoms with van der Waals surface area (Å²) in [5.41, 5.74) is 4.41. The number of phenolic OH excluding ortho intramolecular Hbond substituents is 1. The Hall–Kier alpha value is -2.68.